The van der Waals surface area contributed by atoms with Crippen LogP contribution in [0.1, 0.15) is 40.0 Å². The van der Waals surface area contributed by atoms with Crippen LogP contribution in [0, 0.1) is 5.92 Å². The van der Waals surface area contributed by atoms with Gasteiger partial charge in [-0.15, -0.1) is 0 Å². The average molecular weight is 185 g/mol. The molecule has 0 aromatic heterocycles. The first-order valence-electron chi connectivity index (χ1n) is 5.52. The van der Waals surface area contributed by atoms with Crippen LogP contribution in [-0.4, -0.2) is 35.2 Å². The minimum atomic E-state index is 0.361. The van der Waals surface area contributed by atoms with Gasteiger partial charge in [-0.1, -0.05) is 13.8 Å². The Morgan fingerprint density at radius 2 is 2.00 bits per heavy atom. The predicted octanol–water partition coefficient (Wildman–Crippen LogP) is 1.88. The lowest BCUT2D eigenvalue weighted by atomic mass is 9.93. The Kier molecular flexibility index (Phi) is 3.74. The van der Waals surface area contributed by atoms with Crippen molar-refractivity contribution in [1.82, 2.24) is 4.90 Å². The molecule has 1 fully saturated rings. The molecule has 1 heterocycles. The lowest BCUT2D eigenvalue weighted by Crippen LogP contribution is -2.44. The molecule has 0 bridgehead atoms. The van der Waals surface area contributed by atoms with Gasteiger partial charge in [0.1, 0.15) is 0 Å². The van der Waals surface area contributed by atoms with Crippen LogP contribution in [0.4, 0.5) is 0 Å². The van der Waals surface area contributed by atoms with E-state index in [1.165, 1.54) is 25.8 Å². The Labute approximate surface area is 81.9 Å². The lowest BCUT2D eigenvalue weighted by Gasteiger charge is -2.37. The molecule has 0 aliphatic carbocycles. The molecule has 0 aromatic rings. The Morgan fingerprint density at radius 1 is 1.38 bits per heavy atom. The van der Waals surface area contributed by atoms with Gasteiger partial charge in [0.05, 0.1) is 0 Å². The predicted molar refractivity (Wildman–Crippen MR) is 55.8 cm³/mol. The van der Waals surface area contributed by atoms with Gasteiger partial charge in [-0.25, -0.2) is 0 Å². The van der Waals surface area contributed by atoms with Gasteiger partial charge in [-0.2, -0.15) is 0 Å². The number of rotatable bonds is 4. The van der Waals surface area contributed by atoms with Crippen LogP contribution >= 0.6 is 0 Å². The SMILES string of the molecule is CCC(C)(CC)N1CCC(CO)C1. The van der Waals surface area contributed by atoms with E-state index < -0.39 is 0 Å². The van der Waals surface area contributed by atoms with Gasteiger partial charge in [0.25, 0.3) is 0 Å². The molecule has 1 saturated heterocycles. The van der Waals surface area contributed by atoms with E-state index >= 15 is 0 Å². The highest BCUT2D eigenvalue weighted by Crippen LogP contribution is 2.29. The molecule has 0 aromatic carbocycles. The maximum atomic E-state index is 9.07. The summed E-state index contributed by atoms with van der Waals surface area (Å²) in [6.45, 7) is 9.48. The van der Waals surface area contributed by atoms with Crippen LogP contribution in [0.2, 0.25) is 0 Å². The number of aliphatic hydroxyl groups excluding tert-OH is 1. The molecule has 1 unspecified atom stereocenters. The van der Waals surface area contributed by atoms with Crippen LogP contribution in [0.25, 0.3) is 0 Å². The van der Waals surface area contributed by atoms with E-state index in [9.17, 15) is 0 Å². The molecule has 0 amide bonds. The zero-order valence-corrected chi connectivity index (χ0v) is 9.21. The van der Waals surface area contributed by atoms with Gasteiger partial charge in [0.2, 0.25) is 0 Å². The van der Waals surface area contributed by atoms with Crippen molar-refractivity contribution in [3.63, 3.8) is 0 Å². The standard InChI is InChI=1S/C11H23NO/c1-4-11(3,5-2)12-7-6-10(8-12)9-13/h10,13H,4-9H2,1-3H3. The molecule has 0 saturated carbocycles. The summed E-state index contributed by atoms with van der Waals surface area (Å²) in [6.07, 6.45) is 3.59. The fourth-order valence-electron chi connectivity index (χ4n) is 2.17. The minimum absolute atomic E-state index is 0.361. The zero-order chi connectivity index (χ0) is 9.90. The van der Waals surface area contributed by atoms with Crippen LogP contribution in [-0.2, 0) is 0 Å². The van der Waals surface area contributed by atoms with Crippen molar-refractivity contribution in [3.05, 3.63) is 0 Å². The molecule has 2 nitrogen and oxygen atoms in total. The molecule has 13 heavy (non-hydrogen) atoms. The van der Waals surface area contributed by atoms with E-state index in [-0.39, 0.29) is 0 Å². The molecule has 1 aliphatic rings. The Hall–Kier alpha value is -0.0800. The number of nitrogens with zero attached hydrogens (tertiary/aromatic N) is 1. The van der Waals surface area contributed by atoms with Crippen molar-refractivity contribution in [1.29, 1.82) is 0 Å². The van der Waals surface area contributed by atoms with Gasteiger partial charge in [0.15, 0.2) is 0 Å². The molecular formula is C11H23NO. The average Bonchev–Trinajstić information content (AvgIpc) is 2.65. The fraction of sp³-hybridized carbons (Fsp3) is 1.00. The third-order valence-corrected chi connectivity index (χ3v) is 3.83. The number of hydrogen-bond acceptors (Lipinski definition) is 2. The molecule has 1 atom stereocenters. The second-order valence-electron chi connectivity index (χ2n) is 4.49. The fourth-order valence-corrected chi connectivity index (χ4v) is 2.17. The Balaban J connectivity index is 2.53. The van der Waals surface area contributed by atoms with Crippen molar-refractivity contribution in [2.45, 2.75) is 45.6 Å². The molecule has 0 spiro atoms. The highest BCUT2D eigenvalue weighted by atomic mass is 16.3. The molecule has 0 radical (unpaired) electrons. The Bertz CT molecular complexity index is 154. The summed E-state index contributed by atoms with van der Waals surface area (Å²) < 4.78 is 0. The van der Waals surface area contributed by atoms with Gasteiger partial charge in [0, 0.05) is 18.7 Å². The third-order valence-electron chi connectivity index (χ3n) is 3.83. The molecule has 1 rings (SSSR count). The van der Waals surface area contributed by atoms with E-state index in [1.54, 1.807) is 0 Å². The summed E-state index contributed by atoms with van der Waals surface area (Å²) in [6, 6.07) is 0. The van der Waals surface area contributed by atoms with Crippen LogP contribution in [0.15, 0.2) is 0 Å². The summed E-state index contributed by atoms with van der Waals surface area (Å²) in [5, 5.41) is 9.07. The van der Waals surface area contributed by atoms with Gasteiger partial charge < -0.3 is 5.11 Å². The molecular weight excluding hydrogens is 162 g/mol. The van der Waals surface area contributed by atoms with E-state index in [2.05, 4.69) is 25.7 Å². The van der Waals surface area contributed by atoms with E-state index in [0.29, 0.717) is 18.1 Å². The first-order valence-corrected chi connectivity index (χ1v) is 5.52. The number of likely N-dealkylation sites (tertiary alicyclic amines) is 1. The van der Waals surface area contributed by atoms with Crippen molar-refractivity contribution in [2.75, 3.05) is 19.7 Å². The second-order valence-corrected chi connectivity index (χ2v) is 4.49. The summed E-state index contributed by atoms with van der Waals surface area (Å²) in [7, 11) is 0. The van der Waals surface area contributed by atoms with E-state index in [0.717, 1.165) is 6.54 Å². The molecule has 78 valence electrons. The van der Waals surface area contributed by atoms with Crippen molar-refractivity contribution >= 4 is 0 Å². The lowest BCUT2D eigenvalue weighted by molar-refractivity contribution is 0.113. The molecule has 1 aliphatic heterocycles. The first kappa shape index (κ1) is 11.0. The van der Waals surface area contributed by atoms with Crippen LogP contribution in [0.3, 0.4) is 0 Å². The molecule has 2 heteroatoms. The monoisotopic (exact) mass is 185 g/mol. The Morgan fingerprint density at radius 3 is 2.38 bits per heavy atom. The smallest absolute Gasteiger partial charge is 0.0471 e. The quantitative estimate of drug-likeness (QED) is 0.723. The summed E-state index contributed by atoms with van der Waals surface area (Å²) in [5.74, 6) is 0.525. The number of hydrogen-bond donors (Lipinski definition) is 1. The van der Waals surface area contributed by atoms with Gasteiger partial charge in [-0.05, 0) is 38.6 Å². The second kappa shape index (κ2) is 4.43. The minimum Gasteiger partial charge on any atom is -0.396 e. The largest absolute Gasteiger partial charge is 0.396 e. The van der Waals surface area contributed by atoms with Crippen molar-refractivity contribution in [3.8, 4) is 0 Å². The summed E-state index contributed by atoms with van der Waals surface area (Å²) >= 11 is 0. The topological polar surface area (TPSA) is 23.5 Å². The van der Waals surface area contributed by atoms with Crippen molar-refractivity contribution in [2.24, 2.45) is 5.92 Å². The van der Waals surface area contributed by atoms with Gasteiger partial charge >= 0.3 is 0 Å². The third kappa shape index (κ3) is 2.23. The van der Waals surface area contributed by atoms with E-state index in [1.807, 2.05) is 0 Å². The normalized spacial score (nSPS) is 25.4. The molecule has 1 N–H and O–H groups in total. The zero-order valence-electron chi connectivity index (χ0n) is 9.21. The van der Waals surface area contributed by atoms with Crippen molar-refractivity contribution < 1.29 is 5.11 Å². The maximum absolute atomic E-state index is 9.07. The number of aliphatic hydroxyl groups is 1. The van der Waals surface area contributed by atoms with Gasteiger partial charge in [-0.3, -0.25) is 4.90 Å². The summed E-state index contributed by atoms with van der Waals surface area (Å²) in [4.78, 5) is 2.55. The first-order chi connectivity index (χ1) is 6.16. The summed E-state index contributed by atoms with van der Waals surface area (Å²) in [5.41, 5.74) is 0.365. The highest BCUT2D eigenvalue weighted by molar-refractivity contribution is 4.89. The van der Waals surface area contributed by atoms with Crippen LogP contribution < -0.4 is 0 Å². The maximum Gasteiger partial charge on any atom is 0.0471 e. The van der Waals surface area contributed by atoms with Crippen LogP contribution in [0.5, 0.6) is 0 Å². The van der Waals surface area contributed by atoms with E-state index in [4.69, 9.17) is 5.11 Å². The highest BCUT2D eigenvalue weighted by Gasteiger charge is 2.33.